The normalized spacial score (nSPS) is 22.6. The molecule has 4 nitrogen and oxygen atoms in total. The van der Waals surface area contributed by atoms with Gasteiger partial charge in [0.2, 0.25) is 0 Å². The van der Waals surface area contributed by atoms with E-state index in [0.717, 1.165) is 56.9 Å². The van der Waals surface area contributed by atoms with Gasteiger partial charge in [-0.1, -0.05) is 40.7 Å². The van der Waals surface area contributed by atoms with Crippen LogP contribution in [0.15, 0.2) is 18.2 Å². The number of anilines is 2. The highest BCUT2D eigenvalue weighted by Gasteiger charge is 2.29. The molecule has 0 spiro atoms. The summed E-state index contributed by atoms with van der Waals surface area (Å²) in [6.45, 7) is 19.4. The van der Waals surface area contributed by atoms with Gasteiger partial charge in [-0.15, -0.1) is 0 Å². The minimum atomic E-state index is 0.390. The van der Waals surface area contributed by atoms with E-state index >= 15 is 0 Å². The van der Waals surface area contributed by atoms with Gasteiger partial charge in [0.15, 0.2) is 0 Å². The molecule has 4 heteroatoms. The lowest BCUT2D eigenvalue weighted by atomic mass is 9.72. The molecule has 4 rings (SSSR count). The van der Waals surface area contributed by atoms with Gasteiger partial charge >= 0.3 is 0 Å². The lowest BCUT2D eigenvalue weighted by Crippen LogP contribution is -2.47. The molecule has 0 amide bonds. The van der Waals surface area contributed by atoms with E-state index in [4.69, 9.17) is 4.74 Å². The van der Waals surface area contributed by atoms with E-state index in [9.17, 15) is 0 Å². The van der Waals surface area contributed by atoms with Crippen molar-refractivity contribution in [2.24, 2.45) is 17.3 Å². The first-order chi connectivity index (χ1) is 15.2. The lowest BCUT2D eigenvalue weighted by Gasteiger charge is -2.39. The fourth-order valence-electron chi connectivity index (χ4n) is 5.42. The molecule has 0 aromatic heterocycles. The Kier molecular flexibility index (Phi) is 7.09. The summed E-state index contributed by atoms with van der Waals surface area (Å²) in [6, 6.07) is 4.78. The number of benzene rings is 1. The molecule has 1 unspecified atom stereocenters. The number of hydrogen-bond acceptors (Lipinski definition) is 4. The smallest absolute Gasteiger partial charge is 0.144 e. The molecule has 1 aliphatic carbocycles. The molecule has 1 atom stereocenters. The second kappa shape index (κ2) is 9.67. The van der Waals surface area contributed by atoms with Crippen LogP contribution in [0, 0.1) is 17.3 Å². The number of likely N-dealkylation sites (N-methyl/N-ethyl adjacent to an activating group) is 1. The van der Waals surface area contributed by atoms with Crippen LogP contribution in [-0.4, -0.2) is 57.8 Å². The summed E-state index contributed by atoms with van der Waals surface area (Å²) < 4.78 is 6.12. The topological polar surface area (TPSA) is 19.0 Å². The predicted molar refractivity (Wildman–Crippen MR) is 138 cm³/mol. The van der Waals surface area contributed by atoms with E-state index in [1.807, 2.05) is 0 Å². The molecule has 1 fully saturated rings. The number of allylic oxidation sites excluding steroid dienone is 2. The van der Waals surface area contributed by atoms with E-state index in [-0.39, 0.29) is 0 Å². The van der Waals surface area contributed by atoms with Crippen LogP contribution in [0.2, 0.25) is 0 Å². The summed E-state index contributed by atoms with van der Waals surface area (Å²) in [7, 11) is 2.20. The average molecular weight is 440 g/mol. The number of nitrogens with zero attached hydrogens (tertiary/aromatic N) is 3. The van der Waals surface area contributed by atoms with Gasteiger partial charge in [-0.25, -0.2) is 0 Å². The third-order valence-corrected chi connectivity index (χ3v) is 7.89. The Morgan fingerprint density at radius 3 is 2.41 bits per heavy atom. The van der Waals surface area contributed by atoms with Crippen molar-refractivity contribution in [3.8, 4) is 5.75 Å². The molecule has 1 aromatic carbocycles. The zero-order valence-electron chi connectivity index (χ0n) is 21.4. The molecule has 2 heterocycles. The zero-order chi connectivity index (χ0) is 22.9. The van der Waals surface area contributed by atoms with Crippen LogP contribution in [-0.2, 0) is 0 Å². The molecule has 2 aliphatic heterocycles. The Hall–Kier alpha value is -1.68. The van der Waals surface area contributed by atoms with Crippen LogP contribution in [0.25, 0.3) is 5.57 Å². The molecule has 3 aliphatic rings. The van der Waals surface area contributed by atoms with Crippen molar-refractivity contribution in [1.82, 2.24) is 4.90 Å². The van der Waals surface area contributed by atoms with Crippen molar-refractivity contribution in [2.45, 2.75) is 60.3 Å². The number of hydrogen-bond donors (Lipinski definition) is 0. The van der Waals surface area contributed by atoms with E-state index in [2.05, 4.69) is 74.6 Å². The molecule has 0 bridgehead atoms. The quantitative estimate of drug-likeness (QED) is 0.567. The Labute approximate surface area is 196 Å². The number of ether oxygens (including phenoxy) is 1. The molecule has 0 N–H and O–H groups in total. The van der Waals surface area contributed by atoms with Gasteiger partial charge in [0.25, 0.3) is 0 Å². The second-order valence-corrected chi connectivity index (χ2v) is 11.7. The van der Waals surface area contributed by atoms with Crippen LogP contribution < -0.4 is 14.5 Å². The Balaban J connectivity index is 1.59. The van der Waals surface area contributed by atoms with Crippen molar-refractivity contribution in [2.75, 3.05) is 62.7 Å². The molecule has 0 radical (unpaired) electrons. The van der Waals surface area contributed by atoms with Crippen LogP contribution >= 0.6 is 0 Å². The molecule has 0 saturated carbocycles. The maximum absolute atomic E-state index is 6.12. The first-order valence-electron chi connectivity index (χ1n) is 12.9. The highest BCUT2D eigenvalue weighted by atomic mass is 16.5. The van der Waals surface area contributed by atoms with Crippen LogP contribution in [0.1, 0.15) is 65.9 Å². The number of piperazine rings is 1. The van der Waals surface area contributed by atoms with Gasteiger partial charge < -0.3 is 14.5 Å². The maximum atomic E-state index is 6.12. The van der Waals surface area contributed by atoms with Crippen molar-refractivity contribution in [3.63, 3.8) is 0 Å². The first kappa shape index (κ1) is 23.5. The number of fused-ring (bicyclic) bond motifs is 1. The Bertz CT molecular complexity index is 815. The van der Waals surface area contributed by atoms with E-state index in [1.165, 1.54) is 49.2 Å². The van der Waals surface area contributed by atoms with E-state index in [1.54, 1.807) is 5.57 Å². The van der Waals surface area contributed by atoms with Gasteiger partial charge in [0, 0.05) is 50.5 Å². The minimum absolute atomic E-state index is 0.390. The fraction of sp³-hybridized carbons (Fsp3) is 0.714. The SMILES string of the molecule is CC(C)CCN1CCN(c2cc3c(cc2C2=CCC(C(C)(C)C)CC2)N(C)CCO3)CC1. The molecular formula is C28H45N3O. The Morgan fingerprint density at radius 1 is 1.03 bits per heavy atom. The zero-order valence-corrected chi connectivity index (χ0v) is 21.4. The number of rotatable bonds is 5. The monoisotopic (exact) mass is 439 g/mol. The molecule has 32 heavy (non-hydrogen) atoms. The van der Waals surface area contributed by atoms with Crippen molar-refractivity contribution >= 4 is 16.9 Å². The molecule has 1 saturated heterocycles. The third kappa shape index (κ3) is 5.27. The summed E-state index contributed by atoms with van der Waals surface area (Å²) in [5.41, 5.74) is 6.03. The fourth-order valence-corrected chi connectivity index (χ4v) is 5.42. The van der Waals surface area contributed by atoms with Gasteiger partial charge in [-0.2, -0.15) is 0 Å². The average Bonchev–Trinajstić information content (AvgIpc) is 2.77. The second-order valence-electron chi connectivity index (χ2n) is 11.7. The van der Waals surface area contributed by atoms with Crippen molar-refractivity contribution in [1.29, 1.82) is 0 Å². The lowest BCUT2D eigenvalue weighted by molar-refractivity contribution is 0.225. The minimum Gasteiger partial charge on any atom is -0.489 e. The molecule has 1 aromatic rings. The van der Waals surface area contributed by atoms with Gasteiger partial charge in [0.1, 0.15) is 12.4 Å². The molecular weight excluding hydrogens is 394 g/mol. The highest BCUT2D eigenvalue weighted by Crippen LogP contribution is 2.45. The van der Waals surface area contributed by atoms with Crippen molar-refractivity contribution < 1.29 is 4.74 Å². The van der Waals surface area contributed by atoms with Gasteiger partial charge in [0.05, 0.1) is 12.2 Å². The highest BCUT2D eigenvalue weighted by molar-refractivity contribution is 5.83. The summed E-state index contributed by atoms with van der Waals surface area (Å²) in [5.74, 6) is 2.62. The molecule has 178 valence electrons. The largest absolute Gasteiger partial charge is 0.489 e. The summed E-state index contributed by atoms with van der Waals surface area (Å²) in [4.78, 5) is 7.63. The van der Waals surface area contributed by atoms with E-state index < -0.39 is 0 Å². The predicted octanol–water partition coefficient (Wildman–Crippen LogP) is 5.91. The summed E-state index contributed by atoms with van der Waals surface area (Å²) >= 11 is 0. The van der Waals surface area contributed by atoms with Gasteiger partial charge in [-0.3, -0.25) is 4.90 Å². The van der Waals surface area contributed by atoms with E-state index in [0.29, 0.717) is 5.41 Å². The standard InChI is InChI=1S/C28H45N3O/c1-21(2)11-12-30-13-15-31(16-14-30)25-20-27-26(29(6)17-18-32-27)19-24(25)22-7-9-23(10-8-22)28(3,4)5/h7,19-21,23H,8-18H2,1-6H3. The van der Waals surface area contributed by atoms with Crippen molar-refractivity contribution in [3.05, 3.63) is 23.8 Å². The third-order valence-electron chi connectivity index (χ3n) is 7.89. The van der Waals surface area contributed by atoms with Crippen LogP contribution in [0.3, 0.4) is 0 Å². The first-order valence-corrected chi connectivity index (χ1v) is 12.9. The maximum Gasteiger partial charge on any atom is 0.144 e. The van der Waals surface area contributed by atoms with Gasteiger partial charge in [-0.05, 0) is 61.1 Å². The Morgan fingerprint density at radius 2 is 1.78 bits per heavy atom. The van der Waals surface area contributed by atoms with Crippen LogP contribution in [0.4, 0.5) is 11.4 Å². The van der Waals surface area contributed by atoms with Crippen LogP contribution in [0.5, 0.6) is 5.75 Å². The summed E-state index contributed by atoms with van der Waals surface area (Å²) in [5, 5.41) is 0. The summed E-state index contributed by atoms with van der Waals surface area (Å²) in [6.07, 6.45) is 7.53.